The third-order valence-corrected chi connectivity index (χ3v) is 4.91. The second-order valence-corrected chi connectivity index (χ2v) is 6.81. The molecule has 3 nitrogen and oxygen atoms in total. The number of halogens is 2. The van der Waals surface area contributed by atoms with Crippen molar-refractivity contribution in [2.24, 2.45) is 0 Å². The van der Waals surface area contributed by atoms with Crippen molar-refractivity contribution >= 4 is 29.0 Å². The fourth-order valence-corrected chi connectivity index (χ4v) is 3.42. The Morgan fingerprint density at radius 1 is 0.889 bits per heavy atom. The van der Waals surface area contributed by atoms with Crippen LogP contribution in [0.15, 0.2) is 77.7 Å². The summed E-state index contributed by atoms with van der Waals surface area (Å²) in [5.74, 6) is -1.09. The van der Waals surface area contributed by atoms with Gasteiger partial charge in [-0.2, -0.15) is 0 Å². The summed E-state index contributed by atoms with van der Waals surface area (Å²) in [6.45, 7) is -0.0280. The standard InChI is InChI=1S/C21H18F2N2OS/c22-16-10-11-18(17(23)12-16)25-21(26)13-24-19-8-4-5-9-20(19)27-14-15-6-2-1-3-7-15/h1-12,24H,13-14H2,(H,25,26). The van der Waals surface area contributed by atoms with Gasteiger partial charge in [0.15, 0.2) is 0 Å². The fraction of sp³-hybridized carbons (Fsp3) is 0.0952. The van der Waals surface area contributed by atoms with Crippen LogP contribution in [0.1, 0.15) is 5.56 Å². The minimum atomic E-state index is -0.804. The molecule has 0 aliphatic heterocycles. The van der Waals surface area contributed by atoms with Crippen LogP contribution in [0.5, 0.6) is 0 Å². The van der Waals surface area contributed by atoms with Crippen LogP contribution in [0.25, 0.3) is 0 Å². The summed E-state index contributed by atoms with van der Waals surface area (Å²) in [5.41, 5.74) is 1.99. The van der Waals surface area contributed by atoms with Crippen LogP contribution in [0, 0.1) is 11.6 Å². The van der Waals surface area contributed by atoms with Gasteiger partial charge >= 0.3 is 0 Å². The lowest BCUT2D eigenvalue weighted by atomic mass is 10.2. The summed E-state index contributed by atoms with van der Waals surface area (Å²) in [4.78, 5) is 13.1. The Balaban J connectivity index is 1.58. The molecular weight excluding hydrogens is 366 g/mol. The van der Waals surface area contributed by atoms with Crippen molar-refractivity contribution in [3.8, 4) is 0 Å². The van der Waals surface area contributed by atoms with E-state index in [9.17, 15) is 13.6 Å². The number of hydrogen-bond acceptors (Lipinski definition) is 3. The largest absolute Gasteiger partial charge is 0.375 e. The molecule has 0 spiro atoms. The summed E-state index contributed by atoms with van der Waals surface area (Å²) < 4.78 is 26.5. The summed E-state index contributed by atoms with van der Waals surface area (Å²) >= 11 is 1.66. The molecular formula is C21H18F2N2OS. The van der Waals surface area contributed by atoms with Crippen LogP contribution in [-0.4, -0.2) is 12.5 Å². The number of benzene rings is 3. The second kappa shape index (κ2) is 9.19. The molecule has 0 fully saturated rings. The van der Waals surface area contributed by atoms with Gasteiger partial charge in [-0.3, -0.25) is 4.79 Å². The monoisotopic (exact) mass is 384 g/mol. The molecule has 0 radical (unpaired) electrons. The molecule has 0 aliphatic rings. The number of rotatable bonds is 7. The minimum Gasteiger partial charge on any atom is -0.375 e. The van der Waals surface area contributed by atoms with Gasteiger partial charge in [-0.05, 0) is 29.8 Å². The third-order valence-electron chi connectivity index (χ3n) is 3.77. The molecule has 138 valence electrons. The average Bonchev–Trinajstić information content (AvgIpc) is 2.68. The maximum Gasteiger partial charge on any atom is 0.243 e. The van der Waals surface area contributed by atoms with Crippen molar-refractivity contribution in [3.63, 3.8) is 0 Å². The molecule has 3 aromatic rings. The maximum atomic E-state index is 13.6. The van der Waals surface area contributed by atoms with Crippen LogP contribution in [0.2, 0.25) is 0 Å². The van der Waals surface area contributed by atoms with Crippen LogP contribution in [0.3, 0.4) is 0 Å². The van der Waals surface area contributed by atoms with Crippen LogP contribution < -0.4 is 10.6 Å². The van der Waals surface area contributed by atoms with Gasteiger partial charge in [0.25, 0.3) is 0 Å². The van der Waals surface area contributed by atoms with Gasteiger partial charge in [-0.25, -0.2) is 8.78 Å². The smallest absolute Gasteiger partial charge is 0.243 e. The van der Waals surface area contributed by atoms with E-state index in [0.29, 0.717) is 0 Å². The van der Waals surface area contributed by atoms with E-state index in [0.717, 1.165) is 28.5 Å². The molecule has 0 aromatic heterocycles. The van der Waals surface area contributed by atoms with E-state index in [-0.39, 0.29) is 12.2 Å². The van der Waals surface area contributed by atoms with Crippen molar-refractivity contribution in [1.29, 1.82) is 0 Å². The molecule has 0 bridgehead atoms. The van der Waals surface area contributed by atoms with Crippen molar-refractivity contribution in [2.45, 2.75) is 10.6 Å². The zero-order chi connectivity index (χ0) is 19.1. The predicted octanol–water partition coefficient (Wildman–Crippen LogP) is 5.31. The molecule has 0 heterocycles. The lowest BCUT2D eigenvalue weighted by molar-refractivity contribution is -0.114. The van der Waals surface area contributed by atoms with Crippen LogP contribution >= 0.6 is 11.8 Å². The average molecular weight is 384 g/mol. The number of thioether (sulfide) groups is 1. The van der Waals surface area contributed by atoms with Gasteiger partial charge < -0.3 is 10.6 Å². The molecule has 0 atom stereocenters. The topological polar surface area (TPSA) is 41.1 Å². The van der Waals surface area contributed by atoms with Gasteiger partial charge in [0.1, 0.15) is 11.6 Å². The van der Waals surface area contributed by atoms with Gasteiger partial charge in [0, 0.05) is 22.4 Å². The first kappa shape index (κ1) is 18.9. The van der Waals surface area contributed by atoms with Crippen molar-refractivity contribution < 1.29 is 13.6 Å². The SMILES string of the molecule is O=C(CNc1ccccc1SCc1ccccc1)Nc1ccc(F)cc1F. The van der Waals surface area contributed by atoms with E-state index in [1.165, 1.54) is 11.6 Å². The summed E-state index contributed by atoms with van der Waals surface area (Å²) in [7, 11) is 0. The number of anilines is 2. The van der Waals surface area contributed by atoms with Gasteiger partial charge in [-0.1, -0.05) is 42.5 Å². The highest BCUT2D eigenvalue weighted by Gasteiger charge is 2.09. The number of amides is 1. The Morgan fingerprint density at radius 3 is 2.41 bits per heavy atom. The Kier molecular flexibility index (Phi) is 6.44. The first-order valence-corrected chi connectivity index (χ1v) is 9.35. The van der Waals surface area contributed by atoms with E-state index in [2.05, 4.69) is 22.8 Å². The van der Waals surface area contributed by atoms with E-state index >= 15 is 0 Å². The molecule has 2 N–H and O–H groups in total. The highest BCUT2D eigenvalue weighted by molar-refractivity contribution is 7.98. The normalized spacial score (nSPS) is 10.4. The summed E-state index contributed by atoms with van der Waals surface area (Å²) in [6.07, 6.45) is 0. The van der Waals surface area contributed by atoms with Gasteiger partial charge in [0.2, 0.25) is 5.91 Å². The number of carbonyl (C=O) groups excluding carboxylic acids is 1. The quantitative estimate of drug-likeness (QED) is 0.543. The molecule has 3 aromatic carbocycles. The van der Waals surface area contributed by atoms with Gasteiger partial charge in [0.05, 0.1) is 12.2 Å². The van der Waals surface area contributed by atoms with Crippen LogP contribution in [-0.2, 0) is 10.5 Å². The zero-order valence-corrected chi connectivity index (χ0v) is 15.2. The Morgan fingerprint density at radius 2 is 1.63 bits per heavy atom. The van der Waals surface area contributed by atoms with E-state index in [1.807, 2.05) is 42.5 Å². The predicted molar refractivity (Wildman–Crippen MR) is 106 cm³/mol. The summed E-state index contributed by atoms with van der Waals surface area (Å²) in [6, 6.07) is 20.8. The molecule has 0 saturated heterocycles. The van der Waals surface area contributed by atoms with Crippen molar-refractivity contribution in [1.82, 2.24) is 0 Å². The molecule has 0 saturated carbocycles. The Labute approximate surface area is 160 Å². The molecule has 0 unspecified atom stereocenters. The molecule has 1 amide bonds. The lowest BCUT2D eigenvalue weighted by Crippen LogP contribution is -2.22. The van der Waals surface area contributed by atoms with E-state index in [4.69, 9.17) is 0 Å². The first-order valence-electron chi connectivity index (χ1n) is 8.36. The number of nitrogens with one attached hydrogen (secondary N) is 2. The summed E-state index contributed by atoms with van der Waals surface area (Å²) in [5, 5.41) is 5.51. The molecule has 0 aliphatic carbocycles. The van der Waals surface area contributed by atoms with Crippen LogP contribution in [0.4, 0.5) is 20.2 Å². The lowest BCUT2D eigenvalue weighted by Gasteiger charge is -2.12. The van der Waals surface area contributed by atoms with Crippen molar-refractivity contribution in [2.75, 3.05) is 17.2 Å². The third kappa shape index (κ3) is 5.56. The first-order chi connectivity index (χ1) is 13.1. The highest BCUT2D eigenvalue weighted by atomic mass is 32.2. The zero-order valence-electron chi connectivity index (χ0n) is 14.4. The van der Waals surface area contributed by atoms with E-state index in [1.54, 1.807) is 11.8 Å². The molecule has 27 heavy (non-hydrogen) atoms. The van der Waals surface area contributed by atoms with Gasteiger partial charge in [-0.15, -0.1) is 11.8 Å². The minimum absolute atomic E-state index is 0.0280. The number of para-hydroxylation sites is 1. The highest BCUT2D eigenvalue weighted by Crippen LogP contribution is 2.29. The fourth-order valence-electron chi connectivity index (χ4n) is 2.43. The molecule has 3 rings (SSSR count). The second-order valence-electron chi connectivity index (χ2n) is 5.80. The number of carbonyl (C=O) groups is 1. The number of hydrogen-bond donors (Lipinski definition) is 2. The Bertz CT molecular complexity index is 919. The van der Waals surface area contributed by atoms with E-state index < -0.39 is 17.5 Å². The maximum absolute atomic E-state index is 13.6. The Hall–Kier alpha value is -2.86. The molecule has 6 heteroatoms. The van der Waals surface area contributed by atoms with Crippen molar-refractivity contribution in [3.05, 3.63) is 90.0 Å².